The van der Waals surface area contributed by atoms with E-state index in [2.05, 4.69) is 28.7 Å². The third-order valence-corrected chi connectivity index (χ3v) is 3.15. The van der Waals surface area contributed by atoms with Gasteiger partial charge < -0.3 is 10.0 Å². The highest BCUT2D eigenvalue weighted by atomic mass is 16.3. The molecule has 1 aliphatic heterocycles. The van der Waals surface area contributed by atoms with Crippen LogP contribution in [-0.4, -0.2) is 34.8 Å². The van der Waals surface area contributed by atoms with E-state index in [1.807, 2.05) is 12.4 Å². The van der Waals surface area contributed by atoms with Gasteiger partial charge in [0.15, 0.2) is 0 Å². The van der Waals surface area contributed by atoms with Gasteiger partial charge in [-0.1, -0.05) is 13.8 Å². The summed E-state index contributed by atoms with van der Waals surface area (Å²) in [7, 11) is 0. The van der Waals surface area contributed by atoms with Gasteiger partial charge in [-0.05, 0) is 17.9 Å². The van der Waals surface area contributed by atoms with Gasteiger partial charge in [0, 0.05) is 38.0 Å². The van der Waals surface area contributed by atoms with Crippen molar-refractivity contribution in [1.29, 1.82) is 0 Å². The molecule has 0 aliphatic carbocycles. The molecule has 0 amide bonds. The molecule has 0 aromatic carbocycles. The number of aliphatic hydroxyl groups is 1. The minimum atomic E-state index is 0.264. The topological polar surface area (TPSA) is 49.2 Å². The molecule has 4 nitrogen and oxygen atoms in total. The predicted molar refractivity (Wildman–Crippen MR) is 63.5 cm³/mol. The molecular formula is C12H19N3O. The van der Waals surface area contributed by atoms with E-state index in [-0.39, 0.29) is 6.61 Å². The van der Waals surface area contributed by atoms with Crippen molar-refractivity contribution in [3.8, 4) is 0 Å². The van der Waals surface area contributed by atoms with Crippen LogP contribution in [-0.2, 0) is 0 Å². The van der Waals surface area contributed by atoms with Gasteiger partial charge >= 0.3 is 0 Å². The lowest BCUT2D eigenvalue weighted by atomic mass is 10.1. The van der Waals surface area contributed by atoms with Crippen molar-refractivity contribution in [1.82, 2.24) is 9.97 Å². The number of anilines is 1. The van der Waals surface area contributed by atoms with Gasteiger partial charge in [-0.25, -0.2) is 9.97 Å². The Morgan fingerprint density at radius 1 is 1.44 bits per heavy atom. The molecule has 2 rings (SSSR count). The maximum absolute atomic E-state index is 9.08. The van der Waals surface area contributed by atoms with E-state index < -0.39 is 0 Å². The highest BCUT2D eigenvalue weighted by Gasteiger charge is 2.23. The Morgan fingerprint density at radius 3 is 2.62 bits per heavy atom. The summed E-state index contributed by atoms with van der Waals surface area (Å²) in [6, 6.07) is 0. The maximum Gasteiger partial charge on any atom is 0.225 e. The number of aliphatic hydroxyl groups excluding tert-OH is 1. The molecule has 2 heterocycles. The van der Waals surface area contributed by atoms with E-state index in [1.54, 1.807) is 0 Å². The Bertz CT molecular complexity index is 337. The van der Waals surface area contributed by atoms with Gasteiger partial charge in [0.05, 0.1) is 0 Å². The van der Waals surface area contributed by atoms with Crippen molar-refractivity contribution in [3.63, 3.8) is 0 Å². The van der Waals surface area contributed by atoms with E-state index in [0.717, 1.165) is 25.5 Å². The second-order valence-corrected chi connectivity index (χ2v) is 4.75. The lowest BCUT2D eigenvalue weighted by Crippen LogP contribution is -2.22. The molecule has 1 saturated heterocycles. The number of hydrogen-bond acceptors (Lipinski definition) is 4. The van der Waals surface area contributed by atoms with Crippen LogP contribution in [0.5, 0.6) is 0 Å². The number of rotatable bonds is 3. The van der Waals surface area contributed by atoms with Crippen LogP contribution in [0.15, 0.2) is 12.4 Å². The first-order chi connectivity index (χ1) is 7.70. The Kier molecular flexibility index (Phi) is 3.39. The number of aromatic nitrogens is 2. The second-order valence-electron chi connectivity index (χ2n) is 4.75. The molecule has 1 atom stereocenters. The zero-order valence-electron chi connectivity index (χ0n) is 9.93. The fourth-order valence-electron chi connectivity index (χ4n) is 1.96. The summed E-state index contributed by atoms with van der Waals surface area (Å²) in [5.74, 6) is 1.64. The maximum atomic E-state index is 9.08. The van der Waals surface area contributed by atoms with Crippen LogP contribution >= 0.6 is 0 Å². The highest BCUT2D eigenvalue weighted by Crippen LogP contribution is 2.21. The fourth-order valence-corrected chi connectivity index (χ4v) is 1.96. The van der Waals surface area contributed by atoms with Crippen molar-refractivity contribution in [3.05, 3.63) is 18.0 Å². The molecular weight excluding hydrogens is 202 g/mol. The van der Waals surface area contributed by atoms with Gasteiger partial charge in [0.2, 0.25) is 5.95 Å². The normalized spacial score (nSPS) is 20.8. The SMILES string of the molecule is CC(C)c1cnc(N2CCC(CO)C2)nc1. The summed E-state index contributed by atoms with van der Waals surface area (Å²) in [5, 5.41) is 9.08. The molecule has 16 heavy (non-hydrogen) atoms. The average Bonchev–Trinajstić information content (AvgIpc) is 2.77. The molecule has 4 heteroatoms. The summed E-state index contributed by atoms with van der Waals surface area (Å²) in [6.45, 7) is 6.36. The Hall–Kier alpha value is -1.16. The minimum Gasteiger partial charge on any atom is -0.396 e. The van der Waals surface area contributed by atoms with Crippen LogP contribution in [0.25, 0.3) is 0 Å². The Morgan fingerprint density at radius 2 is 2.12 bits per heavy atom. The summed E-state index contributed by atoms with van der Waals surface area (Å²) in [5.41, 5.74) is 1.17. The average molecular weight is 221 g/mol. The summed E-state index contributed by atoms with van der Waals surface area (Å²) in [6.07, 6.45) is 4.84. The molecule has 88 valence electrons. The summed E-state index contributed by atoms with van der Waals surface area (Å²) < 4.78 is 0. The van der Waals surface area contributed by atoms with Crippen molar-refractivity contribution in [2.24, 2.45) is 5.92 Å². The van der Waals surface area contributed by atoms with Gasteiger partial charge in [-0.3, -0.25) is 0 Å². The second kappa shape index (κ2) is 4.78. The molecule has 0 spiro atoms. The Balaban J connectivity index is 2.05. The van der Waals surface area contributed by atoms with Gasteiger partial charge in [0.25, 0.3) is 0 Å². The van der Waals surface area contributed by atoms with Crippen LogP contribution in [0.1, 0.15) is 31.7 Å². The van der Waals surface area contributed by atoms with Gasteiger partial charge in [-0.15, -0.1) is 0 Å². The molecule has 0 bridgehead atoms. The molecule has 1 unspecified atom stereocenters. The molecule has 1 N–H and O–H groups in total. The van der Waals surface area contributed by atoms with Crippen molar-refractivity contribution < 1.29 is 5.11 Å². The fraction of sp³-hybridized carbons (Fsp3) is 0.667. The van der Waals surface area contributed by atoms with Crippen LogP contribution in [0, 0.1) is 5.92 Å². The standard InChI is InChI=1S/C12H19N3O/c1-9(2)11-5-13-12(14-6-11)15-4-3-10(7-15)8-16/h5-6,9-10,16H,3-4,7-8H2,1-2H3. The minimum absolute atomic E-state index is 0.264. The highest BCUT2D eigenvalue weighted by molar-refractivity contribution is 5.32. The third-order valence-electron chi connectivity index (χ3n) is 3.15. The van der Waals surface area contributed by atoms with Crippen molar-refractivity contribution in [2.45, 2.75) is 26.2 Å². The first-order valence-electron chi connectivity index (χ1n) is 5.88. The van der Waals surface area contributed by atoms with Crippen LogP contribution < -0.4 is 4.90 Å². The zero-order valence-corrected chi connectivity index (χ0v) is 9.93. The van der Waals surface area contributed by atoms with Gasteiger partial charge in [0.1, 0.15) is 0 Å². The third kappa shape index (κ3) is 2.32. The molecule has 1 aromatic heterocycles. The van der Waals surface area contributed by atoms with E-state index in [4.69, 9.17) is 5.11 Å². The lowest BCUT2D eigenvalue weighted by molar-refractivity contribution is 0.238. The molecule has 0 saturated carbocycles. The van der Waals surface area contributed by atoms with E-state index >= 15 is 0 Å². The monoisotopic (exact) mass is 221 g/mol. The smallest absolute Gasteiger partial charge is 0.225 e. The molecule has 1 aliphatic rings. The first-order valence-corrected chi connectivity index (χ1v) is 5.88. The van der Waals surface area contributed by atoms with Crippen molar-refractivity contribution >= 4 is 5.95 Å². The predicted octanol–water partition coefficient (Wildman–Crippen LogP) is 1.42. The summed E-state index contributed by atoms with van der Waals surface area (Å²) >= 11 is 0. The van der Waals surface area contributed by atoms with Crippen LogP contribution in [0.3, 0.4) is 0 Å². The van der Waals surface area contributed by atoms with E-state index in [0.29, 0.717) is 11.8 Å². The van der Waals surface area contributed by atoms with Crippen LogP contribution in [0.2, 0.25) is 0 Å². The van der Waals surface area contributed by atoms with Crippen molar-refractivity contribution in [2.75, 3.05) is 24.6 Å². The molecule has 0 radical (unpaired) electrons. The Labute approximate surface area is 96.3 Å². The quantitative estimate of drug-likeness (QED) is 0.838. The van der Waals surface area contributed by atoms with Gasteiger partial charge in [-0.2, -0.15) is 0 Å². The van der Waals surface area contributed by atoms with Crippen LogP contribution in [0.4, 0.5) is 5.95 Å². The largest absolute Gasteiger partial charge is 0.396 e. The van der Waals surface area contributed by atoms with E-state index in [1.165, 1.54) is 5.56 Å². The lowest BCUT2D eigenvalue weighted by Gasteiger charge is -2.16. The zero-order chi connectivity index (χ0) is 11.5. The molecule has 1 fully saturated rings. The number of nitrogens with zero attached hydrogens (tertiary/aromatic N) is 3. The first kappa shape index (κ1) is 11.3. The number of hydrogen-bond donors (Lipinski definition) is 1. The van der Waals surface area contributed by atoms with E-state index in [9.17, 15) is 0 Å². The molecule has 1 aromatic rings. The summed E-state index contributed by atoms with van der Waals surface area (Å²) in [4.78, 5) is 10.9.